The van der Waals surface area contributed by atoms with Crippen LogP contribution in [0.25, 0.3) is 11.1 Å². The minimum atomic E-state index is -0.890. The van der Waals surface area contributed by atoms with Gasteiger partial charge in [-0.2, -0.15) is 0 Å². The van der Waals surface area contributed by atoms with E-state index in [4.69, 9.17) is 5.11 Å². The van der Waals surface area contributed by atoms with Gasteiger partial charge in [0.25, 0.3) is 0 Å². The molecule has 1 saturated heterocycles. The second kappa shape index (κ2) is 9.78. The Bertz CT molecular complexity index is 684. The lowest BCUT2D eigenvalue weighted by Crippen LogP contribution is -2.43. The van der Waals surface area contributed by atoms with Crippen LogP contribution < -0.4 is 0 Å². The summed E-state index contributed by atoms with van der Waals surface area (Å²) in [5, 5.41) is 9.09. The zero-order chi connectivity index (χ0) is 16.2. The molecule has 136 valence electrons. The van der Waals surface area contributed by atoms with Crippen molar-refractivity contribution in [3.05, 3.63) is 59.7 Å². The summed E-state index contributed by atoms with van der Waals surface area (Å²) < 4.78 is 0. The molecule has 0 unspecified atom stereocenters. The third-order valence-corrected chi connectivity index (χ3v) is 4.40. The van der Waals surface area contributed by atoms with Crippen LogP contribution in [0.5, 0.6) is 0 Å². The average molecular weight is 383 g/mol. The highest BCUT2D eigenvalue weighted by molar-refractivity contribution is 5.89. The Hall–Kier alpha value is -1.59. The van der Waals surface area contributed by atoms with Gasteiger partial charge in [0.15, 0.2) is 0 Å². The number of halogens is 2. The summed E-state index contributed by atoms with van der Waals surface area (Å²) in [7, 11) is 2.16. The lowest BCUT2D eigenvalue weighted by molar-refractivity contribution is 0.0697. The smallest absolute Gasteiger partial charge is 0.335 e. The molecule has 0 aliphatic carbocycles. The van der Waals surface area contributed by atoms with Crippen LogP contribution in [0.15, 0.2) is 48.5 Å². The molecule has 25 heavy (non-hydrogen) atoms. The predicted octanol–water partition coefficient (Wildman–Crippen LogP) is 3.64. The third kappa shape index (κ3) is 5.72. The van der Waals surface area contributed by atoms with Crippen LogP contribution >= 0.6 is 24.8 Å². The van der Waals surface area contributed by atoms with Gasteiger partial charge in [-0.25, -0.2) is 4.79 Å². The van der Waals surface area contributed by atoms with Crippen molar-refractivity contribution in [1.29, 1.82) is 0 Å². The number of likely N-dealkylation sites (N-methyl/N-ethyl adjacent to an activating group) is 1. The van der Waals surface area contributed by atoms with Crippen LogP contribution in [-0.4, -0.2) is 54.1 Å². The van der Waals surface area contributed by atoms with Gasteiger partial charge in [-0.15, -0.1) is 24.8 Å². The van der Waals surface area contributed by atoms with Crippen LogP contribution in [-0.2, 0) is 6.54 Å². The van der Waals surface area contributed by atoms with Crippen molar-refractivity contribution in [2.75, 3.05) is 33.2 Å². The van der Waals surface area contributed by atoms with Crippen LogP contribution in [0.2, 0.25) is 0 Å². The summed E-state index contributed by atoms with van der Waals surface area (Å²) in [6, 6.07) is 15.5. The minimum Gasteiger partial charge on any atom is -0.478 e. The Kier molecular flexibility index (Phi) is 8.39. The molecule has 1 N–H and O–H groups in total. The summed E-state index contributed by atoms with van der Waals surface area (Å²) >= 11 is 0. The topological polar surface area (TPSA) is 43.8 Å². The number of nitrogens with zero attached hydrogens (tertiary/aromatic N) is 2. The second-order valence-electron chi connectivity index (χ2n) is 6.16. The molecule has 0 amide bonds. The van der Waals surface area contributed by atoms with E-state index in [2.05, 4.69) is 41.1 Å². The van der Waals surface area contributed by atoms with Gasteiger partial charge in [0.2, 0.25) is 0 Å². The van der Waals surface area contributed by atoms with Crippen molar-refractivity contribution < 1.29 is 9.90 Å². The lowest BCUT2D eigenvalue weighted by atomic mass is 10.0. The van der Waals surface area contributed by atoms with Crippen molar-refractivity contribution in [3.63, 3.8) is 0 Å². The van der Waals surface area contributed by atoms with E-state index in [1.807, 2.05) is 6.07 Å². The zero-order valence-corrected chi connectivity index (χ0v) is 15.9. The first-order valence-corrected chi connectivity index (χ1v) is 7.95. The Balaban J connectivity index is 0.00000156. The SMILES string of the molecule is CN1CCN(Cc2ccc(-c3cccc(C(=O)O)c3)cc2)CC1.Cl.Cl. The van der Waals surface area contributed by atoms with Crippen molar-refractivity contribution in [3.8, 4) is 11.1 Å². The fraction of sp³-hybridized carbons (Fsp3) is 0.316. The van der Waals surface area contributed by atoms with Crippen LogP contribution in [0.1, 0.15) is 15.9 Å². The Labute approximate surface area is 161 Å². The molecule has 1 aliphatic rings. The zero-order valence-electron chi connectivity index (χ0n) is 14.2. The molecule has 4 nitrogen and oxygen atoms in total. The Morgan fingerprint density at radius 3 is 2.20 bits per heavy atom. The maximum absolute atomic E-state index is 11.1. The monoisotopic (exact) mass is 382 g/mol. The van der Waals surface area contributed by atoms with E-state index in [-0.39, 0.29) is 24.8 Å². The number of piperazine rings is 1. The van der Waals surface area contributed by atoms with Crippen molar-refractivity contribution in [2.24, 2.45) is 0 Å². The lowest BCUT2D eigenvalue weighted by Gasteiger charge is -2.32. The molecular weight excluding hydrogens is 359 g/mol. The van der Waals surface area contributed by atoms with E-state index in [1.165, 1.54) is 5.56 Å². The van der Waals surface area contributed by atoms with E-state index < -0.39 is 5.97 Å². The quantitative estimate of drug-likeness (QED) is 0.876. The summed E-state index contributed by atoms with van der Waals surface area (Å²) in [6.45, 7) is 5.45. The van der Waals surface area contributed by atoms with Crippen LogP contribution in [0.4, 0.5) is 0 Å². The molecule has 1 aliphatic heterocycles. The minimum absolute atomic E-state index is 0. The third-order valence-electron chi connectivity index (χ3n) is 4.40. The molecule has 2 aromatic carbocycles. The average Bonchev–Trinajstić information content (AvgIpc) is 2.58. The predicted molar refractivity (Wildman–Crippen MR) is 106 cm³/mol. The summed E-state index contributed by atoms with van der Waals surface area (Å²) in [6.07, 6.45) is 0. The second-order valence-corrected chi connectivity index (χ2v) is 6.16. The van der Waals surface area contributed by atoms with Gasteiger partial charge in [-0.1, -0.05) is 36.4 Å². The molecular formula is C19H24Cl2N2O2. The van der Waals surface area contributed by atoms with Crippen molar-refractivity contribution >= 4 is 30.8 Å². The fourth-order valence-corrected chi connectivity index (χ4v) is 2.90. The number of hydrogen-bond donors (Lipinski definition) is 1. The first-order chi connectivity index (χ1) is 11.1. The van der Waals surface area contributed by atoms with Crippen LogP contribution in [0, 0.1) is 0 Å². The standard InChI is InChI=1S/C19H22N2O2.2ClH/c1-20-9-11-21(12-10-20)14-15-5-7-16(8-6-15)17-3-2-4-18(13-17)19(22)23;;/h2-8,13H,9-12,14H2,1H3,(H,22,23);2*1H. The molecule has 0 spiro atoms. The first kappa shape index (κ1) is 21.5. The fourth-order valence-electron chi connectivity index (χ4n) is 2.90. The van der Waals surface area contributed by atoms with Gasteiger partial charge in [0, 0.05) is 32.7 Å². The number of aromatic carboxylic acids is 1. The number of carbonyl (C=O) groups is 1. The maximum atomic E-state index is 11.1. The molecule has 0 radical (unpaired) electrons. The molecule has 6 heteroatoms. The van der Waals surface area contributed by atoms with E-state index in [9.17, 15) is 4.79 Å². The van der Waals surface area contributed by atoms with Crippen molar-refractivity contribution in [1.82, 2.24) is 9.80 Å². The molecule has 0 saturated carbocycles. The highest BCUT2D eigenvalue weighted by Gasteiger charge is 2.13. The maximum Gasteiger partial charge on any atom is 0.335 e. The van der Waals surface area contributed by atoms with Gasteiger partial charge in [0.05, 0.1) is 5.56 Å². The van der Waals surface area contributed by atoms with Gasteiger partial charge in [-0.05, 0) is 35.9 Å². The Morgan fingerprint density at radius 1 is 0.960 bits per heavy atom. The molecule has 0 aromatic heterocycles. The normalized spacial score (nSPS) is 15.1. The molecule has 0 bridgehead atoms. The number of benzene rings is 2. The molecule has 2 aromatic rings. The molecule has 1 heterocycles. The van der Waals surface area contributed by atoms with Gasteiger partial charge in [-0.3, -0.25) is 4.90 Å². The highest BCUT2D eigenvalue weighted by atomic mass is 35.5. The van der Waals surface area contributed by atoms with E-state index in [1.54, 1.807) is 18.2 Å². The highest BCUT2D eigenvalue weighted by Crippen LogP contribution is 2.21. The van der Waals surface area contributed by atoms with Gasteiger partial charge < -0.3 is 10.0 Å². The summed E-state index contributed by atoms with van der Waals surface area (Å²) in [5.41, 5.74) is 3.61. The van der Waals surface area contributed by atoms with Crippen molar-refractivity contribution in [2.45, 2.75) is 6.54 Å². The van der Waals surface area contributed by atoms with E-state index in [0.717, 1.165) is 43.9 Å². The van der Waals surface area contributed by atoms with Crippen LogP contribution in [0.3, 0.4) is 0 Å². The molecule has 1 fully saturated rings. The first-order valence-electron chi connectivity index (χ1n) is 7.95. The molecule has 3 rings (SSSR count). The largest absolute Gasteiger partial charge is 0.478 e. The van der Waals surface area contributed by atoms with Gasteiger partial charge in [0.1, 0.15) is 0 Å². The van der Waals surface area contributed by atoms with E-state index in [0.29, 0.717) is 5.56 Å². The summed E-state index contributed by atoms with van der Waals surface area (Å²) in [5.74, 6) is -0.890. The number of hydrogen-bond acceptors (Lipinski definition) is 3. The van der Waals surface area contributed by atoms with E-state index >= 15 is 0 Å². The van der Waals surface area contributed by atoms with Gasteiger partial charge >= 0.3 is 5.97 Å². The Morgan fingerprint density at radius 2 is 1.60 bits per heavy atom. The molecule has 0 atom stereocenters. The summed E-state index contributed by atoms with van der Waals surface area (Å²) in [4.78, 5) is 15.9. The number of rotatable bonds is 4. The number of carboxylic acids is 1. The number of carboxylic acid groups (broad SMARTS) is 1.